The number of nitrogens with one attached hydrogen (secondary N) is 1. The molecular weight excluding hydrogens is 240 g/mol. The van der Waals surface area contributed by atoms with E-state index in [0.29, 0.717) is 23.8 Å². The van der Waals surface area contributed by atoms with Gasteiger partial charge in [-0.15, -0.1) is 0 Å². The number of hydrogen-bond acceptors (Lipinski definition) is 3. The van der Waals surface area contributed by atoms with Crippen molar-refractivity contribution in [3.05, 3.63) is 0 Å². The van der Waals surface area contributed by atoms with Crippen LogP contribution in [0.3, 0.4) is 0 Å². The van der Waals surface area contributed by atoms with Gasteiger partial charge in [0, 0.05) is 25.6 Å². The molecule has 0 aromatic carbocycles. The number of ether oxygens (including phenoxy) is 1. The van der Waals surface area contributed by atoms with Crippen LogP contribution in [0.1, 0.15) is 33.6 Å². The van der Waals surface area contributed by atoms with E-state index in [2.05, 4.69) is 26.1 Å². The third-order valence-electron chi connectivity index (χ3n) is 4.33. The summed E-state index contributed by atoms with van der Waals surface area (Å²) in [6.07, 6.45) is 2.34. The first-order valence-electron chi connectivity index (χ1n) is 7.69. The summed E-state index contributed by atoms with van der Waals surface area (Å²) in [5.74, 6) is 1.65. The van der Waals surface area contributed by atoms with Crippen LogP contribution in [0, 0.1) is 17.8 Å². The van der Waals surface area contributed by atoms with E-state index in [-0.39, 0.29) is 5.92 Å². The first kappa shape index (κ1) is 14.8. The summed E-state index contributed by atoms with van der Waals surface area (Å²) >= 11 is 0. The Morgan fingerprint density at radius 1 is 1.26 bits per heavy atom. The molecule has 19 heavy (non-hydrogen) atoms. The number of carbonyl (C=O) groups excluding carboxylic acids is 1. The van der Waals surface area contributed by atoms with Gasteiger partial charge in [0.1, 0.15) is 0 Å². The van der Waals surface area contributed by atoms with Gasteiger partial charge in [-0.1, -0.05) is 20.8 Å². The Morgan fingerprint density at radius 3 is 2.37 bits per heavy atom. The number of likely N-dealkylation sites (tertiary alicyclic amines) is 1. The highest BCUT2D eigenvalue weighted by Crippen LogP contribution is 2.22. The van der Waals surface area contributed by atoms with Crippen molar-refractivity contribution in [2.75, 3.05) is 32.8 Å². The molecule has 1 unspecified atom stereocenters. The Balaban J connectivity index is 1.71. The molecule has 0 aromatic rings. The highest BCUT2D eigenvalue weighted by molar-refractivity contribution is 5.79. The molecule has 0 aliphatic carbocycles. The maximum atomic E-state index is 12.4. The minimum atomic E-state index is 0.175. The van der Waals surface area contributed by atoms with E-state index in [9.17, 15) is 4.79 Å². The summed E-state index contributed by atoms with van der Waals surface area (Å²) in [6.45, 7) is 11.0. The van der Waals surface area contributed by atoms with Crippen LogP contribution in [0.5, 0.6) is 0 Å². The predicted octanol–water partition coefficient (Wildman–Crippen LogP) is 1.51. The molecular formula is C15H28N2O2. The first-order chi connectivity index (χ1) is 9.08. The minimum absolute atomic E-state index is 0.175. The fraction of sp³-hybridized carbons (Fsp3) is 0.933. The van der Waals surface area contributed by atoms with Crippen molar-refractivity contribution in [3.63, 3.8) is 0 Å². The van der Waals surface area contributed by atoms with Gasteiger partial charge in [-0.2, -0.15) is 0 Å². The maximum Gasteiger partial charge on any atom is 0.225 e. The number of piperidine rings is 1. The Kier molecular flexibility index (Phi) is 5.22. The summed E-state index contributed by atoms with van der Waals surface area (Å²) in [5, 5.41) is 3.24. The number of hydrogen-bond donors (Lipinski definition) is 1. The molecule has 2 saturated heterocycles. The minimum Gasteiger partial charge on any atom is -0.378 e. The van der Waals surface area contributed by atoms with Gasteiger partial charge in [0.15, 0.2) is 0 Å². The van der Waals surface area contributed by atoms with Gasteiger partial charge in [-0.3, -0.25) is 4.79 Å². The van der Waals surface area contributed by atoms with E-state index in [1.807, 2.05) is 4.90 Å². The summed E-state index contributed by atoms with van der Waals surface area (Å²) in [7, 11) is 0. The Morgan fingerprint density at radius 2 is 1.89 bits per heavy atom. The lowest BCUT2D eigenvalue weighted by molar-refractivity contribution is -0.140. The molecule has 2 aliphatic rings. The van der Waals surface area contributed by atoms with E-state index in [1.54, 1.807) is 0 Å². The molecule has 110 valence electrons. The Hall–Kier alpha value is -0.610. The van der Waals surface area contributed by atoms with Gasteiger partial charge in [0.2, 0.25) is 5.91 Å². The topological polar surface area (TPSA) is 41.6 Å². The average molecular weight is 268 g/mol. The fourth-order valence-corrected chi connectivity index (χ4v) is 2.73. The zero-order chi connectivity index (χ0) is 13.8. The first-order valence-corrected chi connectivity index (χ1v) is 7.69. The third kappa shape index (κ3) is 3.93. The van der Waals surface area contributed by atoms with Crippen molar-refractivity contribution >= 4 is 5.91 Å². The number of amides is 1. The average Bonchev–Trinajstić information content (AvgIpc) is 2.34. The van der Waals surface area contributed by atoms with E-state index in [4.69, 9.17) is 4.74 Å². The molecule has 0 saturated carbocycles. The molecule has 2 rings (SSSR count). The lowest BCUT2D eigenvalue weighted by Crippen LogP contribution is -2.52. The second-order valence-electron chi connectivity index (χ2n) is 6.46. The maximum absolute atomic E-state index is 12.4. The van der Waals surface area contributed by atoms with Crippen molar-refractivity contribution in [1.82, 2.24) is 10.2 Å². The quantitative estimate of drug-likeness (QED) is 0.821. The lowest BCUT2D eigenvalue weighted by atomic mass is 9.87. The number of carbonyl (C=O) groups is 1. The molecule has 2 heterocycles. The van der Waals surface area contributed by atoms with Crippen molar-refractivity contribution in [2.24, 2.45) is 17.8 Å². The number of nitrogens with zero attached hydrogens (tertiary/aromatic N) is 1. The standard InChI is InChI=1S/C15H28N2O2/c1-11(2)10-19-14-4-6-17(7-5-14)15(18)12(3)13-8-16-9-13/h11-14,16H,4-10H2,1-3H3. The Bertz CT molecular complexity index is 295. The van der Waals surface area contributed by atoms with Gasteiger partial charge < -0.3 is 15.0 Å². The van der Waals surface area contributed by atoms with Gasteiger partial charge >= 0.3 is 0 Å². The highest BCUT2D eigenvalue weighted by Gasteiger charge is 2.33. The van der Waals surface area contributed by atoms with Crippen molar-refractivity contribution in [3.8, 4) is 0 Å². The van der Waals surface area contributed by atoms with Crippen LogP contribution >= 0.6 is 0 Å². The van der Waals surface area contributed by atoms with Crippen molar-refractivity contribution in [1.29, 1.82) is 0 Å². The fourth-order valence-electron chi connectivity index (χ4n) is 2.73. The van der Waals surface area contributed by atoms with Crippen LogP contribution in [0.15, 0.2) is 0 Å². The van der Waals surface area contributed by atoms with Crippen LogP contribution in [0.4, 0.5) is 0 Å². The van der Waals surface area contributed by atoms with Crippen molar-refractivity contribution in [2.45, 2.75) is 39.7 Å². The molecule has 0 bridgehead atoms. The molecule has 1 N–H and O–H groups in total. The second kappa shape index (κ2) is 6.71. The molecule has 1 atom stereocenters. The molecule has 2 fully saturated rings. The molecule has 0 aromatic heterocycles. The number of rotatable bonds is 5. The van der Waals surface area contributed by atoms with Gasteiger partial charge in [0.25, 0.3) is 0 Å². The van der Waals surface area contributed by atoms with Crippen LogP contribution in [0.25, 0.3) is 0 Å². The van der Waals surface area contributed by atoms with Crippen molar-refractivity contribution < 1.29 is 9.53 Å². The summed E-state index contributed by atoms with van der Waals surface area (Å²) in [4.78, 5) is 14.4. The van der Waals surface area contributed by atoms with Gasteiger partial charge in [0.05, 0.1) is 6.10 Å². The second-order valence-corrected chi connectivity index (χ2v) is 6.46. The molecule has 4 nitrogen and oxygen atoms in total. The molecule has 2 aliphatic heterocycles. The van der Waals surface area contributed by atoms with Gasteiger partial charge in [-0.25, -0.2) is 0 Å². The molecule has 0 spiro atoms. The zero-order valence-electron chi connectivity index (χ0n) is 12.5. The van der Waals surface area contributed by atoms with E-state index >= 15 is 0 Å². The summed E-state index contributed by atoms with van der Waals surface area (Å²) in [6, 6.07) is 0. The summed E-state index contributed by atoms with van der Waals surface area (Å²) in [5.41, 5.74) is 0. The van der Waals surface area contributed by atoms with E-state index < -0.39 is 0 Å². The summed E-state index contributed by atoms with van der Waals surface area (Å²) < 4.78 is 5.86. The predicted molar refractivity (Wildman–Crippen MR) is 75.9 cm³/mol. The van der Waals surface area contributed by atoms with Crippen LogP contribution in [-0.2, 0) is 9.53 Å². The highest BCUT2D eigenvalue weighted by atomic mass is 16.5. The molecule has 4 heteroatoms. The van der Waals surface area contributed by atoms with Crippen LogP contribution in [-0.4, -0.2) is 49.7 Å². The Labute approximate surface area is 116 Å². The normalized spacial score (nSPS) is 23.5. The largest absolute Gasteiger partial charge is 0.378 e. The lowest BCUT2D eigenvalue weighted by Gasteiger charge is -2.38. The zero-order valence-corrected chi connectivity index (χ0v) is 12.5. The smallest absolute Gasteiger partial charge is 0.225 e. The van der Waals surface area contributed by atoms with Crippen LogP contribution in [0.2, 0.25) is 0 Å². The third-order valence-corrected chi connectivity index (χ3v) is 4.33. The van der Waals surface area contributed by atoms with E-state index in [1.165, 1.54) is 0 Å². The van der Waals surface area contributed by atoms with Gasteiger partial charge in [-0.05, 0) is 37.8 Å². The monoisotopic (exact) mass is 268 g/mol. The van der Waals surface area contributed by atoms with Crippen LogP contribution < -0.4 is 5.32 Å². The molecule has 1 amide bonds. The van der Waals surface area contributed by atoms with E-state index in [0.717, 1.165) is 45.6 Å². The molecule has 0 radical (unpaired) electrons. The SMILES string of the molecule is CC(C)COC1CCN(C(=O)C(C)C2CNC2)CC1.